The highest BCUT2D eigenvalue weighted by Gasteiger charge is 2.10. The van der Waals surface area contributed by atoms with E-state index in [9.17, 15) is 4.79 Å². The van der Waals surface area contributed by atoms with Crippen molar-refractivity contribution in [2.24, 2.45) is 0 Å². The summed E-state index contributed by atoms with van der Waals surface area (Å²) in [7, 11) is 0. The second kappa shape index (κ2) is 7.06. The molecule has 2 heterocycles. The molecule has 122 valence electrons. The molecule has 3 aromatic rings. The number of hydroxylamine groups is 1. The zero-order chi connectivity index (χ0) is 16.9. The molecule has 0 spiro atoms. The second-order valence-electron chi connectivity index (χ2n) is 5.66. The summed E-state index contributed by atoms with van der Waals surface area (Å²) in [5.74, 6) is 0.660. The molecule has 0 aliphatic heterocycles. The number of fused-ring (bicyclic) bond motifs is 1. The molecular formula is C18H18N4O2. The van der Waals surface area contributed by atoms with Crippen LogP contribution in [0.5, 0.6) is 0 Å². The number of aromatic nitrogens is 3. The lowest BCUT2D eigenvalue weighted by Gasteiger charge is -2.08. The highest BCUT2D eigenvalue weighted by molar-refractivity contribution is 5.91. The van der Waals surface area contributed by atoms with Crippen LogP contribution in [0.15, 0.2) is 48.8 Å². The Hall–Kier alpha value is -2.99. The fourth-order valence-electron chi connectivity index (χ4n) is 2.56. The lowest BCUT2D eigenvalue weighted by molar-refractivity contribution is -0.124. The highest BCUT2D eigenvalue weighted by atomic mass is 16.5. The Morgan fingerprint density at radius 2 is 2.29 bits per heavy atom. The zero-order valence-corrected chi connectivity index (χ0v) is 13.2. The van der Waals surface area contributed by atoms with Crippen LogP contribution in [0.3, 0.4) is 0 Å². The third-order valence-electron chi connectivity index (χ3n) is 3.85. The standard InChI is InChI=1S/C18H18N4O2/c1-12(14-3-2-8-19-11-14)9-17-20-15-6-4-13(10-16(15)21-17)5-7-18(23)22-24/h2-8,10-12,24H,9H2,1H3,(H,20,21)(H,22,23). The van der Waals surface area contributed by atoms with E-state index < -0.39 is 5.91 Å². The number of rotatable bonds is 5. The third kappa shape index (κ3) is 3.67. The molecule has 2 aromatic heterocycles. The Morgan fingerprint density at radius 3 is 3.04 bits per heavy atom. The molecule has 0 saturated heterocycles. The Morgan fingerprint density at radius 1 is 1.42 bits per heavy atom. The van der Waals surface area contributed by atoms with Gasteiger partial charge in [-0.25, -0.2) is 10.5 Å². The number of imidazole rings is 1. The van der Waals surface area contributed by atoms with Gasteiger partial charge in [-0.1, -0.05) is 19.1 Å². The van der Waals surface area contributed by atoms with Gasteiger partial charge in [0.05, 0.1) is 11.0 Å². The van der Waals surface area contributed by atoms with E-state index in [0.29, 0.717) is 5.92 Å². The van der Waals surface area contributed by atoms with Gasteiger partial charge in [0.15, 0.2) is 0 Å². The number of carbonyl (C=O) groups excluding carboxylic acids is 1. The average Bonchev–Trinajstić information content (AvgIpc) is 3.01. The van der Waals surface area contributed by atoms with E-state index in [1.807, 2.05) is 30.5 Å². The van der Waals surface area contributed by atoms with Crippen LogP contribution in [0.25, 0.3) is 17.1 Å². The van der Waals surface area contributed by atoms with E-state index >= 15 is 0 Å². The van der Waals surface area contributed by atoms with Crippen molar-refractivity contribution in [3.8, 4) is 0 Å². The van der Waals surface area contributed by atoms with Crippen LogP contribution < -0.4 is 5.48 Å². The van der Waals surface area contributed by atoms with Crippen LogP contribution in [0.2, 0.25) is 0 Å². The lowest BCUT2D eigenvalue weighted by atomic mass is 9.99. The number of pyridine rings is 1. The van der Waals surface area contributed by atoms with E-state index in [4.69, 9.17) is 5.21 Å². The van der Waals surface area contributed by atoms with Crippen LogP contribution in [0.1, 0.15) is 29.8 Å². The first-order valence-corrected chi connectivity index (χ1v) is 7.66. The van der Waals surface area contributed by atoms with Crippen LogP contribution >= 0.6 is 0 Å². The first-order chi connectivity index (χ1) is 11.7. The molecule has 1 unspecified atom stereocenters. The van der Waals surface area contributed by atoms with Gasteiger partial charge >= 0.3 is 0 Å². The summed E-state index contributed by atoms with van der Waals surface area (Å²) in [5.41, 5.74) is 5.38. The highest BCUT2D eigenvalue weighted by Crippen LogP contribution is 2.21. The van der Waals surface area contributed by atoms with E-state index in [-0.39, 0.29) is 0 Å². The van der Waals surface area contributed by atoms with Crippen molar-refractivity contribution >= 4 is 23.0 Å². The zero-order valence-electron chi connectivity index (χ0n) is 13.2. The van der Waals surface area contributed by atoms with E-state index in [1.165, 1.54) is 11.6 Å². The van der Waals surface area contributed by atoms with Gasteiger partial charge in [-0.3, -0.25) is 15.0 Å². The molecule has 0 aliphatic carbocycles. The molecule has 0 saturated carbocycles. The topological polar surface area (TPSA) is 90.9 Å². The van der Waals surface area contributed by atoms with E-state index in [2.05, 4.69) is 27.9 Å². The molecule has 1 atom stereocenters. The Balaban J connectivity index is 1.78. The smallest absolute Gasteiger partial charge is 0.267 e. The van der Waals surface area contributed by atoms with Gasteiger partial charge in [-0.05, 0) is 41.3 Å². The van der Waals surface area contributed by atoms with Crippen LogP contribution in [-0.2, 0) is 11.2 Å². The molecule has 3 N–H and O–H groups in total. The van der Waals surface area contributed by atoms with Gasteiger partial charge in [0.1, 0.15) is 5.82 Å². The van der Waals surface area contributed by atoms with Crippen LogP contribution in [0, 0.1) is 0 Å². The number of carbonyl (C=O) groups is 1. The van der Waals surface area contributed by atoms with Gasteiger partial charge in [0.2, 0.25) is 0 Å². The van der Waals surface area contributed by atoms with Gasteiger partial charge < -0.3 is 4.98 Å². The fraction of sp³-hybridized carbons (Fsp3) is 0.167. The first-order valence-electron chi connectivity index (χ1n) is 7.66. The van der Waals surface area contributed by atoms with Crippen molar-refractivity contribution in [2.45, 2.75) is 19.3 Å². The van der Waals surface area contributed by atoms with Gasteiger partial charge in [-0.2, -0.15) is 0 Å². The second-order valence-corrected chi connectivity index (χ2v) is 5.66. The minimum Gasteiger partial charge on any atom is -0.342 e. The van der Waals surface area contributed by atoms with Crippen LogP contribution in [0.4, 0.5) is 0 Å². The summed E-state index contributed by atoms with van der Waals surface area (Å²) < 4.78 is 0. The molecule has 6 nitrogen and oxygen atoms in total. The molecule has 6 heteroatoms. The molecule has 0 fully saturated rings. The minimum atomic E-state index is -0.564. The van der Waals surface area contributed by atoms with Crippen molar-refractivity contribution in [1.29, 1.82) is 0 Å². The fourth-order valence-corrected chi connectivity index (χ4v) is 2.56. The predicted molar refractivity (Wildman–Crippen MR) is 91.4 cm³/mol. The van der Waals surface area contributed by atoms with E-state index in [1.54, 1.807) is 17.8 Å². The SMILES string of the molecule is CC(Cc1nc2ccc(C=CC(=O)NO)cc2[nH]1)c1cccnc1. The van der Waals surface area contributed by atoms with Gasteiger partial charge in [0, 0.05) is 24.9 Å². The van der Waals surface area contributed by atoms with Crippen molar-refractivity contribution in [1.82, 2.24) is 20.4 Å². The van der Waals surface area contributed by atoms with Crippen molar-refractivity contribution in [3.63, 3.8) is 0 Å². The number of aromatic amines is 1. The summed E-state index contributed by atoms with van der Waals surface area (Å²) in [6.45, 7) is 2.14. The van der Waals surface area contributed by atoms with Crippen molar-refractivity contribution in [2.75, 3.05) is 0 Å². The molecule has 1 aromatic carbocycles. The molecular weight excluding hydrogens is 304 g/mol. The third-order valence-corrected chi connectivity index (χ3v) is 3.85. The normalized spacial score (nSPS) is 12.6. The quantitative estimate of drug-likeness (QED) is 0.383. The average molecular weight is 322 g/mol. The summed E-state index contributed by atoms with van der Waals surface area (Å²) in [5, 5.41) is 8.49. The molecule has 0 bridgehead atoms. The largest absolute Gasteiger partial charge is 0.342 e. The van der Waals surface area contributed by atoms with E-state index in [0.717, 1.165) is 28.8 Å². The number of H-pyrrole nitrogens is 1. The summed E-state index contributed by atoms with van der Waals surface area (Å²) in [6, 6.07) is 9.70. The molecule has 0 aliphatic rings. The number of nitrogens with zero attached hydrogens (tertiary/aromatic N) is 2. The van der Waals surface area contributed by atoms with Crippen molar-refractivity contribution in [3.05, 3.63) is 65.8 Å². The maximum atomic E-state index is 11.0. The van der Waals surface area contributed by atoms with Crippen LogP contribution in [-0.4, -0.2) is 26.1 Å². The van der Waals surface area contributed by atoms with Crippen molar-refractivity contribution < 1.29 is 10.0 Å². The monoisotopic (exact) mass is 322 g/mol. The summed E-state index contributed by atoms with van der Waals surface area (Å²) >= 11 is 0. The molecule has 0 radical (unpaired) electrons. The number of benzene rings is 1. The maximum Gasteiger partial charge on any atom is 0.267 e. The predicted octanol–water partition coefficient (Wildman–Crippen LogP) is 2.82. The maximum absolute atomic E-state index is 11.0. The Bertz CT molecular complexity index is 871. The minimum absolute atomic E-state index is 0.312. The molecule has 3 rings (SSSR count). The Labute approximate surface area is 139 Å². The Kier molecular flexibility index (Phi) is 4.67. The van der Waals surface area contributed by atoms with Gasteiger partial charge in [-0.15, -0.1) is 0 Å². The number of hydrogen-bond donors (Lipinski definition) is 3. The number of hydrogen-bond acceptors (Lipinski definition) is 4. The lowest BCUT2D eigenvalue weighted by Crippen LogP contribution is -2.14. The molecule has 24 heavy (non-hydrogen) atoms. The summed E-state index contributed by atoms with van der Waals surface area (Å²) in [4.78, 5) is 23.1. The van der Waals surface area contributed by atoms with Gasteiger partial charge in [0.25, 0.3) is 5.91 Å². The molecule has 1 amide bonds. The number of nitrogens with one attached hydrogen (secondary N) is 2. The summed E-state index contributed by atoms with van der Waals surface area (Å²) in [6.07, 6.45) is 7.33. The number of amides is 1. The first kappa shape index (κ1) is 15.9.